The summed E-state index contributed by atoms with van der Waals surface area (Å²) < 4.78 is 33.1. The molecule has 0 unspecified atom stereocenters. The maximum atomic E-state index is 12.9. The third-order valence-corrected chi connectivity index (χ3v) is 5.42. The van der Waals surface area contributed by atoms with Crippen molar-refractivity contribution in [2.24, 2.45) is 0 Å². The average Bonchev–Trinajstić information content (AvgIpc) is 2.70. The van der Waals surface area contributed by atoms with Crippen LogP contribution in [0.25, 0.3) is 0 Å². The Labute approximate surface area is 169 Å². The minimum atomic E-state index is -4.40. The van der Waals surface area contributed by atoms with Crippen LogP contribution in [0.4, 0.5) is 5.69 Å². The van der Waals surface area contributed by atoms with Gasteiger partial charge in [0.2, 0.25) is 11.8 Å². The number of amides is 2. The summed E-state index contributed by atoms with van der Waals surface area (Å²) in [5.41, 5.74) is 2.81. The zero-order valence-electron chi connectivity index (χ0n) is 16.0. The lowest BCUT2D eigenvalue weighted by molar-refractivity contribution is -0.141. The van der Waals surface area contributed by atoms with Gasteiger partial charge < -0.3 is 10.2 Å². The summed E-state index contributed by atoms with van der Waals surface area (Å²) in [4.78, 5) is 26.8. The SMILES string of the molecule is CNC(=O)[C@@H]1Cc2ccc(NS(=O)(=O)O)cc2CN1C(=O)CCc1ccccc1. The van der Waals surface area contributed by atoms with Crippen LogP contribution in [0.3, 0.4) is 0 Å². The average molecular weight is 417 g/mol. The highest BCUT2D eigenvalue weighted by Gasteiger charge is 2.34. The molecule has 2 aromatic carbocycles. The molecule has 3 N–H and O–H groups in total. The van der Waals surface area contributed by atoms with E-state index in [1.165, 1.54) is 18.0 Å². The third-order valence-electron chi connectivity index (χ3n) is 4.92. The monoisotopic (exact) mass is 417 g/mol. The summed E-state index contributed by atoms with van der Waals surface area (Å²) in [5, 5.41) is 2.61. The molecule has 3 rings (SSSR count). The van der Waals surface area contributed by atoms with Crippen LogP contribution >= 0.6 is 0 Å². The van der Waals surface area contributed by atoms with Gasteiger partial charge in [-0.25, -0.2) is 0 Å². The zero-order valence-corrected chi connectivity index (χ0v) is 16.8. The lowest BCUT2D eigenvalue weighted by Crippen LogP contribution is -2.52. The molecule has 2 aromatic rings. The predicted molar refractivity (Wildman–Crippen MR) is 108 cm³/mol. The summed E-state index contributed by atoms with van der Waals surface area (Å²) >= 11 is 0. The molecule has 154 valence electrons. The number of likely N-dealkylation sites (N-methyl/N-ethyl adjacent to an activating group) is 1. The number of hydrogen-bond donors (Lipinski definition) is 3. The number of nitrogens with one attached hydrogen (secondary N) is 2. The number of benzene rings is 2. The van der Waals surface area contributed by atoms with Crippen LogP contribution < -0.4 is 10.0 Å². The molecule has 1 aliphatic heterocycles. The minimum Gasteiger partial charge on any atom is -0.357 e. The third kappa shape index (κ3) is 5.33. The maximum absolute atomic E-state index is 12.9. The number of hydrogen-bond acceptors (Lipinski definition) is 4. The molecule has 1 aliphatic rings. The van der Waals surface area contributed by atoms with Gasteiger partial charge in [-0.3, -0.25) is 18.9 Å². The Morgan fingerprint density at radius 3 is 2.52 bits per heavy atom. The zero-order chi connectivity index (χ0) is 21.0. The van der Waals surface area contributed by atoms with Crippen molar-refractivity contribution < 1.29 is 22.6 Å². The van der Waals surface area contributed by atoms with Crippen molar-refractivity contribution in [1.82, 2.24) is 10.2 Å². The van der Waals surface area contributed by atoms with Gasteiger partial charge in [0.1, 0.15) is 6.04 Å². The second-order valence-electron chi connectivity index (χ2n) is 6.90. The summed E-state index contributed by atoms with van der Waals surface area (Å²) in [6.07, 6.45) is 1.15. The van der Waals surface area contributed by atoms with Gasteiger partial charge in [0.25, 0.3) is 0 Å². The molecule has 0 saturated carbocycles. The molecule has 0 bridgehead atoms. The van der Waals surface area contributed by atoms with Gasteiger partial charge in [0, 0.05) is 26.4 Å². The number of carbonyl (C=O) groups is 2. The molecule has 1 heterocycles. The molecular formula is C20H23N3O5S. The molecule has 0 saturated heterocycles. The van der Waals surface area contributed by atoms with Gasteiger partial charge in [-0.15, -0.1) is 0 Å². The van der Waals surface area contributed by atoms with Crippen molar-refractivity contribution in [2.45, 2.75) is 31.8 Å². The highest BCUT2D eigenvalue weighted by atomic mass is 32.2. The smallest absolute Gasteiger partial charge is 0.357 e. The lowest BCUT2D eigenvalue weighted by Gasteiger charge is -2.36. The minimum absolute atomic E-state index is 0.152. The first-order valence-corrected chi connectivity index (χ1v) is 10.6. The first-order chi connectivity index (χ1) is 13.8. The van der Waals surface area contributed by atoms with Crippen molar-refractivity contribution in [3.8, 4) is 0 Å². The van der Waals surface area contributed by atoms with E-state index in [1.54, 1.807) is 12.1 Å². The van der Waals surface area contributed by atoms with Crippen molar-refractivity contribution in [3.63, 3.8) is 0 Å². The van der Waals surface area contributed by atoms with Gasteiger partial charge in [-0.2, -0.15) is 8.42 Å². The van der Waals surface area contributed by atoms with Crippen molar-refractivity contribution in [3.05, 3.63) is 65.2 Å². The van der Waals surface area contributed by atoms with E-state index in [-0.39, 0.29) is 30.5 Å². The van der Waals surface area contributed by atoms with E-state index < -0.39 is 16.3 Å². The highest BCUT2D eigenvalue weighted by molar-refractivity contribution is 7.87. The Balaban J connectivity index is 1.82. The second kappa shape index (κ2) is 8.62. The van der Waals surface area contributed by atoms with E-state index in [4.69, 9.17) is 4.55 Å². The topological polar surface area (TPSA) is 116 Å². The fourth-order valence-corrected chi connectivity index (χ4v) is 3.92. The van der Waals surface area contributed by atoms with Crippen LogP contribution in [0, 0.1) is 0 Å². The first kappa shape index (κ1) is 20.8. The molecule has 0 aromatic heterocycles. The molecule has 29 heavy (non-hydrogen) atoms. The van der Waals surface area contributed by atoms with Gasteiger partial charge >= 0.3 is 10.3 Å². The molecule has 0 radical (unpaired) electrons. The maximum Gasteiger partial charge on any atom is 0.357 e. The number of nitrogens with zero attached hydrogens (tertiary/aromatic N) is 1. The van der Waals surface area contributed by atoms with Gasteiger partial charge in [-0.05, 0) is 35.2 Å². The van der Waals surface area contributed by atoms with Crippen LogP contribution in [0.15, 0.2) is 48.5 Å². The summed E-state index contributed by atoms with van der Waals surface area (Å²) in [5.74, 6) is -0.398. The fourth-order valence-electron chi connectivity index (χ4n) is 3.50. The number of fused-ring (bicyclic) bond motifs is 1. The number of aryl methyl sites for hydroxylation is 1. The normalized spacial score (nSPS) is 16.1. The fraction of sp³-hybridized carbons (Fsp3) is 0.300. The largest absolute Gasteiger partial charge is 0.357 e. The summed E-state index contributed by atoms with van der Waals surface area (Å²) in [6, 6.07) is 13.8. The van der Waals surface area contributed by atoms with Gasteiger partial charge in [0.05, 0.1) is 5.69 Å². The lowest BCUT2D eigenvalue weighted by atomic mass is 9.92. The van der Waals surface area contributed by atoms with E-state index in [0.29, 0.717) is 12.8 Å². The number of rotatable bonds is 6. The molecule has 2 amide bonds. The van der Waals surface area contributed by atoms with Crippen molar-refractivity contribution in [1.29, 1.82) is 0 Å². The van der Waals surface area contributed by atoms with Gasteiger partial charge in [0.15, 0.2) is 0 Å². The highest BCUT2D eigenvalue weighted by Crippen LogP contribution is 2.27. The van der Waals surface area contributed by atoms with E-state index in [9.17, 15) is 18.0 Å². The van der Waals surface area contributed by atoms with Crippen molar-refractivity contribution >= 4 is 27.8 Å². The van der Waals surface area contributed by atoms with Crippen molar-refractivity contribution in [2.75, 3.05) is 11.8 Å². The van der Waals surface area contributed by atoms with Crippen LogP contribution in [-0.2, 0) is 39.3 Å². The Kier molecular flexibility index (Phi) is 6.19. The Bertz CT molecular complexity index is 1010. The number of carbonyl (C=O) groups excluding carboxylic acids is 2. The Hall–Kier alpha value is -2.91. The quantitative estimate of drug-likeness (QED) is 0.617. The molecule has 9 heteroatoms. The molecule has 1 atom stereocenters. The van der Waals surface area contributed by atoms with E-state index in [1.807, 2.05) is 35.1 Å². The summed E-state index contributed by atoms with van der Waals surface area (Å²) in [7, 11) is -2.86. The van der Waals surface area contributed by atoms with Crippen LogP contribution in [0.2, 0.25) is 0 Å². The van der Waals surface area contributed by atoms with E-state index in [0.717, 1.165) is 16.7 Å². The van der Waals surface area contributed by atoms with Crippen LogP contribution in [-0.4, -0.2) is 42.8 Å². The summed E-state index contributed by atoms with van der Waals surface area (Å²) in [6.45, 7) is 0.183. The Morgan fingerprint density at radius 1 is 1.14 bits per heavy atom. The Morgan fingerprint density at radius 2 is 1.86 bits per heavy atom. The first-order valence-electron chi connectivity index (χ1n) is 9.19. The predicted octanol–water partition coefficient (Wildman–Crippen LogP) is 1.53. The van der Waals surface area contributed by atoms with Crippen LogP contribution in [0.1, 0.15) is 23.1 Å². The molecule has 0 spiro atoms. The number of anilines is 1. The second-order valence-corrected chi connectivity index (χ2v) is 8.06. The van der Waals surface area contributed by atoms with E-state index in [2.05, 4.69) is 5.32 Å². The molecule has 0 aliphatic carbocycles. The van der Waals surface area contributed by atoms with E-state index >= 15 is 0 Å². The molecule has 8 nitrogen and oxygen atoms in total. The standard InChI is InChI=1S/C20H23N3O5S/c1-21-20(25)18-12-15-8-9-17(22-29(26,27)28)11-16(15)13-23(18)19(24)10-7-14-5-3-2-4-6-14/h2-6,8-9,11,18,22H,7,10,12-13H2,1H3,(H,21,25)(H,26,27,28)/t18-/m0/s1. The molecule has 0 fully saturated rings. The van der Waals surface area contributed by atoms with Crippen LogP contribution in [0.5, 0.6) is 0 Å². The van der Waals surface area contributed by atoms with Gasteiger partial charge in [-0.1, -0.05) is 36.4 Å². The molecular weight excluding hydrogens is 394 g/mol.